The van der Waals surface area contributed by atoms with Crippen molar-refractivity contribution < 1.29 is 9.59 Å². The summed E-state index contributed by atoms with van der Waals surface area (Å²) in [7, 11) is 0. The van der Waals surface area contributed by atoms with Crippen LogP contribution in [0, 0.1) is 18.8 Å². The van der Waals surface area contributed by atoms with Gasteiger partial charge in [-0.05, 0) is 56.6 Å². The van der Waals surface area contributed by atoms with Crippen LogP contribution < -0.4 is 10.6 Å². The minimum Gasteiger partial charge on any atom is -0.362 e. The number of ketones is 1. The van der Waals surface area contributed by atoms with Gasteiger partial charge in [-0.2, -0.15) is 0 Å². The third-order valence-corrected chi connectivity index (χ3v) is 6.72. The quantitative estimate of drug-likeness (QED) is 0.679. The molecule has 2 aromatic rings. The number of carbonyl (C=O) groups is 2. The summed E-state index contributed by atoms with van der Waals surface area (Å²) in [4.78, 5) is 34.8. The lowest BCUT2D eigenvalue weighted by atomic mass is 9.82. The fraction of sp³-hybridized carbons (Fsp3) is 0.583. The van der Waals surface area contributed by atoms with E-state index >= 15 is 0 Å². The van der Waals surface area contributed by atoms with Crippen LogP contribution in [0.1, 0.15) is 44.6 Å². The lowest BCUT2D eigenvalue weighted by Crippen LogP contribution is -2.53. The minimum absolute atomic E-state index is 0.0647. The SMILES string of the molecule is CC(=O)NCC1CCC(N2CC(CC(=O)CNc3ncnc4ccc(C)cc34)C2)CC1. The Kier molecular flexibility index (Phi) is 6.80. The van der Waals surface area contributed by atoms with Gasteiger partial charge in [0.15, 0.2) is 5.78 Å². The monoisotopic (exact) mass is 423 g/mol. The summed E-state index contributed by atoms with van der Waals surface area (Å²) in [5.74, 6) is 2.12. The van der Waals surface area contributed by atoms with E-state index in [9.17, 15) is 9.59 Å². The number of aryl methyl sites for hydroxylation is 1. The number of anilines is 1. The zero-order chi connectivity index (χ0) is 21.8. The number of aromatic nitrogens is 2. The van der Waals surface area contributed by atoms with Gasteiger partial charge < -0.3 is 10.6 Å². The highest BCUT2D eigenvalue weighted by molar-refractivity contribution is 5.91. The molecule has 0 bridgehead atoms. The van der Waals surface area contributed by atoms with Gasteiger partial charge in [-0.1, -0.05) is 11.6 Å². The number of nitrogens with one attached hydrogen (secondary N) is 2. The second kappa shape index (κ2) is 9.73. The molecule has 7 heteroatoms. The molecule has 31 heavy (non-hydrogen) atoms. The van der Waals surface area contributed by atoms with Crippen LogP contribution in [0.5, 0.6) is 0 Å². The molecule has 1 aliphatic carbocycles. The van der Waals surface area contributed by atoms with Crippen molar-refractivity contribution in [2.75, 3.05) is 31.5 Å². The van der Waals surface area contributed by atoms with Crippen molar-refractivity contribution in [1.29, 1.82) is 0 Å². The van der Waals surface area contributed by atoms with Crippen LogP contribution in [0.3, 0.4) is 0 Å². The third kappa shape index (κ3) is 5.58. The van der Waals surface area contributed by atoms with Gasteiger partial charge in [0.05, 0.1) is 12.1 Å². The highest BCUT2D eigenvalue weighted by Gasteiger charge is 2.35. The largest absolute Gasteiger partial charge is 0.362 e. The Morgan fingerprint density at radius 1 is 1.10 bits per heavy atom. The van der Waals surface area contributed by atoms with Gasteiger partial charge in [-0.15, -0.1) is 0 Å². The summed E-state index contributed by atoms with van der Waals surface area (Å²) in [5.41, 5.74) is 2.03. The van der Waals surface area contributed by atoms with Crippen molar-refractivity contribution in [3.05, 3.63) is 30.1 Å². The summed E-state index contributed by atoms with van der Waals surface area (Å²) in [6, 6.07) is 6.71. The zero-order valence-electron chi connectivity index (χ0n) is 18.6. The molecule has 1 saturated carbocycles. The van der Waals surface area contributed by atoms with Crippen molar-refractivity contribution in [2.45, 2.75) is 52.0 Å². The highest BCUT2D eigenvalue weighted by Crippen LogP contribution is 2.32. The Morgan fingerprint density at radius 2 is 1.87 bits per heavy atom. The standard InChI is InChI=1S/C24H33N5O2/c1-16-3-8-23-22(9-16)24(28-15-27-23)26-12-21(31)10-19-13-29(14-19)20-6-4-18(5-7-20)11-25-17(2)30/h3,8-9,15,18-20H,4-7,10-14H2,1-2H3,(H,25,30)(H,26,27,28). The smallest absolute Gasteiger partial charge is 0.216 e. The van der Waals surface area contributed by atoms with E-state index in [1.807, 2.05) is 19.1 Å². The molecule has 2 heterocycles. The lowest BCUT2D eigenvalue weighted by molar-refractivity contribution is -0.120. The molecule has 1 aliphatic heterocycles. The average Bonchev–Trinajstić information content (AvgIpc) is 2.73. The highest BCUT2D eigenvalue weighted by atomic mass is 16.1. The molecule has 1 amide bonds. The topological polar surface area (TPSA) is 87.2 Å². The first kappa shape index (κ1) is 21.7. The van der Waals surface area contributed by atoms with Gasteiger partial charge in [-0.25, -0.2) is 9.97 Å². The summed E-state index contributed by atoms with van der Waals surface area (Å²) < 4.78 is 0. The summed E-state index contributed by atoms with van der Waals surface area (Å²) in [6.45, 7) is 6.81. The molecule has 4 rings (SSSR count). The molecule has 0 unspecified atom stereocenters. The average molecular weight is 424 g/mol. The fourth-order valence-electron chi connectivity index (χ4n) is 4.93. The molecule has 7 nitrogen and oxygen atoms in total. The molecule has 1 aromatic heterocycles. The molecule has 0 atom stereocenters. The number of amides is 1. The van der Waals surface area contributed by atoms with Gasteiger partial charge in [-0.3, -0.25) is 14.5 Å². The predicted octanol–water partition coefficient (Wildman–Crippen LogP) is 2.94. The van der Waals surface area contributed by atoms with Crippen LogP contribution in [0.2, 0.25) is 0 Å². The molecular weight excluding hydrogens is 390 g/mol. The van der Waals surface area contributed by atoms with E-state index in [1.54, 1.807) is 13.3 Å². The molecule has 2 N–H and O–H groups in total. The van der Waals surface area contributed by atoms with Crippen molar-refractivity contribution in [1.82, 2.24) is 20.2 Å². The number of rotatable bonds is 8. The van der Waals surface area contributed by atoms with Gasteiger partial charge in [0.25, 0.3) is 0 Å². The zero-order valence-corrected chi connectivity index (χ0v) is 18.6. The first-order valence-corrected chi connectivity index (χ1v) is 11.4. The van der Waals surface area contributed by atoms with Crippen LogP contribution in [0.25, 0.3) is 10.9 Å². The summed E-state index contributed by atoms with van der Waals surface area (Å²) in [5, 5.41) is 7.13. The van der Waals surface area contributed by atoms with Crippen LogP contribution in [0.15, 0.2) is 24.5 Å². The van der Waals surface area contributed by atoms with Gasteiger partial charge in [0, 0.05) is 44.4 Å². The number of nitrogens with zero attached hydrogens (tertiary/aromatic N) is 3. The molecule has 0 radical (unpaired) electrons. The van der Waals surface area contributed by atoms with Crippen molar-refractivity contribution in [3.8, 4) is 0 Å². The molecule has 2 aliphatic rings. The molecule has 1 saturated heterocycles. The number of hydrogen-bond donors (Lipinski definition) is 2. The number of Topliss-reactive ketones (excluding diaryl/α,β-unsaturated/α-hetero) is 1. The predicted molar refractivity (Wildman–Crippen MR) is 122 cm³/mol. The molecule has 166 valence electrons. The third-order valence-electron chi connectivity index (χ3n) is 6.72. The number of carbonyl (C=O) groups excluding carboxylic acids is 2. The van der Waals surface area contributed by atoms with E-state index in [0.29, 0.717) is 30.8 Å². The van der Waals surface area contributed by atoms with E-state index in [0.717, 1.165) is 41.9 Å². The second-order valence-electron chi connectivity index (χ2n) is 9.27. The Balaban J connectivity index is 1.17. The fourth-order valence-corrected chi connectivity index (χ4v) is 4.93. The van der Waals surface area contributed by atoms with E-state index < -0.39 is 0 Å². The van der Waals surface area contributed by atoms with Gasteiger partial charge in [0.2, 0.25) is 5.91 Å². The molecular formula is C24H33N5O2. The van der Waals surface area contributed by atoms with Crippen LogP contribution in [-0.4, -0.2) is 58.8 Å². The van der Waals surface area contributed by atoms with E-state index in [2.05, 4.69) is 31.6 Å². The maximum Gasteiger partial charge on any atom is 0.216 e. The second-order valence-corrected chi connectivity index (χ2v) is 9.27. The van der Waals surface area contributed by atoms with E-state index in [-0.39, 0.29) is 11.7 Å². The van der Waals surface area contributed by atoms with Gasteiger partial charge >= 0.3 is 0 Å². The van der Waals surface area contributed by atoms with Crippen LogP contribution in [0.4, 0.5) is 5.82 Å². The first-order chi connectivity index (χ1) is 15.0. The number of benzene rings is 1. The van der Waals surface area contributed by atoms with E-state index in [4.69, 9.17) is 0 Å². The Labute approximate surface area is 184 Å². The summed E-state index contributed by atoms with van der Waals surface area (Å²) in [6.07, 6.45) is 6.94. The van der Waals surface area contributed by atoms with Crippen LogP contribution in [-0.2, 0) is 9.59 Å². The van der Waals surface area contributed by atoms with Crippen molar-refractivity contribution in [2.24, 2.45) is 11.8 Å². The lowest BCUT2D eigenvalue weighted by Gasteiger charge is -2.46. The summed E-state index contributed by atoms with van der Waals surface area (Å²) >= 11 is 0. The number of hydrogen-bond acceptors (Lipinski definition) is 6. The van der Waals surface area contributed by atoms with Crippen LogP contribution >= 0.6 is 0 Å². The first-order valence-electron chi connectivity index (χ1n) is 11.4. The number of fused-ring (bicyclic) bond motifs is 1. The molecule has 0 spiro atoms. The normalized spacial score (nSPS) is 22.1. The van der Waals surface area contributed by atoms with Crippen molar-refractivity contribution >= 4 is 28.4 Å². The maximum atomic E-state index is 12.5. The minimum atomic E-state index is 0.0647. The van der Waals surface area contributed by atoms with E-state index in [1.165, 1.54) is 25.7 Å². The molecule has 2 fully saturated rings. The maximum absolute atomic E-state index is 12.5. The Hall–Kier alpha value is -2.54. The Morgan fingerprint density at radius 3 is 2.61 bits per heavy atom. The van der Waals surface area contributed by atoms with Crippen molar-refractivity contribution in [3.63, 3.8) is 0 Å². The molecule has 1 aromatic carbocycles. The Bertz CT molecular complexity index is 933. The van der Waals surface area contributed by atoms with Gasteiger partial charge in [0.1, 0.15) is 12.1 Å². The number of likely N-dealkylation sites (tertiary alicyclic amines) is 1.